The van der Waals surface area contributed by atoms with E-state index in [-0.39, 0.29) is 6.10 Å². The van der Waals surface area contributed by atoms with Gasteiger partial charge in [0.2, 0.25) is 11.3 Å². The summed E-state index contributed by atoms with van der Waals surface area (Å²) < 4.78 is 16.6. The molecule has 33 heavy (non-hydrogen) atoms. The van der Waals surface area contributed by atoms with Gasteiger partial charge < -0.3 is 19.7 Å². The standard InChI is InChI=1S/C23H23ClN6O3/c1-2-31-19-5-3-4-16(14-19)25-22-23(27-21-20(26-22)28-33-29-21)30-12-10-18(11-13-30)32-17-8-6-15(24)7-9-17/h3-9,14,18H,2,10-13H2,1H3,(H,25,26,28). The van der Waals surface area contributed by atoms with Gasteiger partial charge in [0, 0.05) is 42.7 Å². The van der Waals surface area contributed by atoms with Gasteiger partial charge in [-0.05, 0) is 53.6 Å². The van der Waals surface area contributed by atoms with Crippen LogP contribution < -0.4 is 19.7 Å². The van der Waals surface area contributed by atoms with Crippen LogP contribution in [0.3, 0.4) is 0 Å². The Morgan fingerprint density at radius 3 is 2.55 bits per heavy atom. The highest BCUT2D eigenvalue weighted by Gasteiger charge is 2.25. The van der Waals surface area contributed by atoms with Crippen LogP contribution in [-0.4, -0.2) is 46.1 Å². The zero-order valence-corrected chi connectivity index (χ0v) is 18.8. The molecule has 0 aliphatic carbocycles. The van der Waals surface area contributed by atoms with Crippen molar-refractivity contribution >= 4 is 40.2 Å². The smallest absolute Gasteiger partial charge is 0.245 e. The van der Waals surface area contributed by atoms with Crippen LogP contribution in [0.1, 0.15) is 19.8 Å². The lowest BCUT2D eigenvalue weighted by molar-refractivity contribution is 0.171. The fourth-order valence-corrected chi connectivity index (χ4v) is 3.92. The molecular formula is C23H23ClN6O3. The van der Waals surface area contributed by atoms with E-state index in [4.69, 9.17) is 25.7 Å². The quantitative estimate of drug-likeness (QED) is 0.409. The van der Waals surface area contributed by atoms with E-state index in [1.807, 2.05) is 55.5 Å². The van der Waals surface area contributed by atoms with E-state index in [1.165, 1.54) is 0 Å². The molecule has 4 aromatic rings. The van der Waals surface area contributed by atoms with Crippen molar-refractivity contribution in [2.75, 3.05) is 29.9 Å². The molecule has 0 radical (unpaired) electrons. The summed E-state index contributed by atoms with van der Waals surface area (Å²) in [6, 6.07) is 15.2. The molecule has 1 aliphatic rings. The van der Waals surface area contributed by atoms with E-state index in [0.29, 0.717) is 34.6 Å². The van der Waals surface area contributed by atoms with Crippen LogP contribution >= 0.6 is 11.6 Å². The number of hydrogen-bond donors (Lipinski definition) is 1. The summed E-state index contributed by atoms with van der Waals surface area (Å²) in [5, 5.41) is 11.8. The van der Waals surface area contributed by atoms with Crippen molar-refractivity contribution in [3.63, 3.8) is 0 Å². The first-order chi connectivity index (χ1) is 16.2. The average molecular weight is 467 g/mol. The van der Waals surface area contributed by atoms with Gasteiger partial charge in [-0.1, -0.05) is 17.7 Å². The van der Waals surface area contributed by atoms with E-state index in [0.717, 1.165) is 43.1 Å². The Bertz CT molecular complexity index is 1220. The first-order valence-corrected chi connectivity index (χ1v) is 11.2. The normalized spacial score (nSPS) is 14.4. The monoisotopic (exact) mass is 466 g/mol. The number of ether oxygens (including phenoxy) is 2. The van der Waals surface area contributed by atoms with Crippen molar-refractivity contribution in [1.29, 1.82) is 0 Å². The first kappa shape index (κ1) is 21.3. The third-order valence-corrected chi connectivity index (χ3v) is 5.61. The summed E-state index contributed by atoms with van der Waals surface area (Å²) in [5.41, 5.74) is 1.56. The zero-order valence-electron chi connectivity index (χ0n) is 18.1. The highest BCUT2D eigenvalue weighted by molar-refractivity contribution is 6.30. The summed E-state index contributed by atoms with van der Waals surface area (Å²) in [6.07, 6.45) is 1.81. The molecule has 0 atom stereocenters. The van der Waals surface area contributed by atoms with Crippen LogP contribution in [0.4, 0.5) is 17.3 Å². The molecule has 0 bridgehead atoms. The number of aromatic nitrogens is 4. The molecule has 2 aromatic heterocycles. The molecule has 3 heterocycles. The molecule has 0 saturated carbocycles. The molecule has 10 heteroatoms. The molecular weight excluding hydrogens is 444 g/mol. The molecule has 1 aliphatic heterocycles. The van der Waals surface area contributed by atoms with Crippen LogP contribution in [-0.2, 0) is 0 Å². The Kier molecular flexibility index (Phi) is 6.12. The average Bonchev–Trinajstić information content (AvgIpc) is 3.29. The molecule has 1 saturated heterocycles. The maximum absolute atomic E-state index is 6.13. The minimum absolute atomic E-state index is 0.118. The predicted molar refractivity (Wildman–Crippen MR) is 126 cm³/mol. The van der Waals surface area contributed by atoms with Crippen LogP contribution in [0.15, 0.2) is 53.2 Å². The number of piperidine rings is 1. The number of halogens is 1. The van der Waals surface area contributed by atoms with Gasteiger partial charge in [-0.2, -0.15) is 0 Å². The summed E-state index contributed by atoms with van der Waals surface area (Å²) in [5.74, 6) is 2.89. The SMILES string of the molecule is CCOc1cccc(Nc2nc3nonc3nc2N2CCC(Oc3ccc(Cl)cc3)CC2)c1. The zero-order chi connectivity index (χ0) is 22.6. The lowest BCUT2D eigenvalue weighted by Gasteiger charge is -2.33. The highest BCUT2D eigenvalue weighted by atomic mass is 35.5. The molecule has 2 aromatic carbocycles. The molecule has 0 amide bonds. The summed E-state index contributed by atoms with van der Waals surface area (Å²) in [7, 11) is 0. The number of rotatable bonds is 7. The van der Waals surface area contributed by atoms with Gasteiger partial charge in [0.1, 0.15) is 17.6 Å². The minimum Gasteiger partial charge on any atom is -0.494 e. The summed E-state index contributed by atoms with van der Waals surface area (Å²) >= 11 is 5.97. The third kappa shape index (κ3) is 4.93. The number of fused-ring (bicyclic) bond motifs is 1. The number of nitrogens with one attached hydrogen (secondary N) is 1. The van der Waals surface area contributed by atoms with Crippen molar-refractivity contribution in [2.24, 2.45) is 0 Å². The maximum Gasteiger partial charge on any atom is 0.245 e. The fourth-order valence-electron chi connectivity index (χ4n) is 3.79. The highest BCUT2D eigenvalue weighted by Crippen LogP contribution is 2.31. The minimum atomic E-state index is 0.118. The van der Waals surface area contributed by atoms with E-state index < -0.39 is 0 Å². The second kappa shape index (κ2) is 9.50. The number of anilines is 3. The Labute approximate surface area is 195 Å². The molecule has 9 nitrogen and oxygen atoms in total. The van der Waals surface area contributed by atoms with Gasteiger partial charge in [-0.25, -0.2) is 14.6 Å². The molecule has 1 fully saturated rings. The Hall–Kier alpha value is -3.59. The van der Waals surface area contributed by atoms with Crippen molar-refractivity contribution < 1.29 is 14.1 Å². The van der Waals surface area contributed by atoms with E-state index >= 15 is 0 Å². The summed E-state index contributed by atoms with van der Waals surface area (Å²) in [6.45, 7) is 4.07. The Morgan fingerprint density at radius 1 is 1.03 bits per heavy atom. The van der Waals surface area contributed by atoms with E-state index in [1.54, 1.807) is 0 Å². The molecule has 0 unspecified atom stereocenters. The number of hydrogen-bond acceptors (Lipinski definition) is 9. The van der Waals surface area contributed by atoms with Gasteiger partial charge in [0.25, 0.3) is 0 Å². The third-order valence-electron chi connectivity index (χ3n) is 5.36. The lowest BCUT2D eigenvalue weighted by atomic mass is 10.1. The van der Waals surface area contributed by atoms with Crippen molar-refractivity contribution in [3.8, 4) is 11.5 Å². The maximum atomic E-state index is 6.13. The number of benzene rings is 2. The molecule has 5 rings (SSSR count). The first-order valence-electron chi connectivity index (χ1n) is 10.9. The van der Waals surface area contributed by atoms with Crippen LogP contribution in [0.25, 0.3) is 11.3 Å². The van der Waals surface area contributed by atoms with Gasteiger partial charge in [-0.15, -0.1) is 0 Å². The van der Waals surface area contributed by atoms with Crippen LogP contribution in [0.5, 0.6) is 11.5 Å². The van der Waals surface area contributed by atoms with E-state index in [2.05, 4.69) is 30.5 Å². The lowest BCUT2D eigenvalue weighted by Crippen LogP contribution is -2.39. The largest absolute Gasteiger partial charge is 0.494 e. The van der Waals surface area contributed by atoms with Crippen LogP contribution in [0, 0.1) is 0 Å². The summed E-state index contributed by atoms with van der Waals surface area (Å²) in [4.78, 5) is 11.5. The van der Waals surface area contributed by atoms with Gasteiger partial charge in [0.05, 0.1) is 6.61 Å². The second-order valence-corrected chi connectivity index (χ2v) is 8.09. The van der Waals surface area contributed by atoms with Crippen molar-refractivity contribution in [1.82, 2.24) is 20.3 Å². The van der Waals surface area contributed by atoms with Crippen molar-refractivity contribution in [2.45, 2.75) is 25.9 Å². The van der Waals surface area contributed by atoms with Crippen LogP contribution in [0.2, 0.25) is 5.02 Å². The Balaban J connectivity index is 1.34. The fraction of sp³-hybridized carbons (Fsp3) is 0.304. The van der Waals surface area contributed by atoms with Gasteiger partial charge in [-0.3, -0.25) is 0 Å². The molecule has 1 N–H and O–H groups in total. The topological polar surface area (TPSA) is 98.4 Å². The van der Waals surface area contributed by atoms with Gasteiger partial charge in [0.15, 0.2) is 11.6 Å². The predicted octanol–water partition coefficient (Wildman–Crippen LogP) is 4.86. The number of nitrogens with zero attached hydrogens (tertiary/aromatic N) is 5. The second-order valence-electron chi connectivity index (χ2n) is 7.65. The van der Waals surface area contributed by atoms with E-state index in [9.17, 15) is 0 Å². The van der Waals surface area contributed by atoms with Crippen molar-refractivity contribution in [3.05, 3.63) is 53.6 Å². The van der Waals surface area contributed by atoms with Gasteiger partial charge >= 0.3 is 0 Å². The molecule has 0 spiro atoms. The molecule has 170 valence electrons. The Morgan fingerprint density at radius 2 is 1.79 bits per heavy atom.